The van der Waals surface area contributed by atoms with Crippen molar-refractivity contribution < 1.29 is 17.9 Å². The van der Waals surface area contributed by atoms with Crippen LogP contribution in [0.2, 0.25) is 0 Å². The molecule has 0 fully saturated rings. The number of aryl methyl sites for hydroxylation is 1. The number of sulfonamides is 1. The lowest BCUT2D eigenvalue weighted by Crippen LogP contribution is -2.28. The number of hydrogen-bond donors (Lipinski definition) is 1. The van der Waals surface area contributed by atoms with E-state index < -0.39 is 10.0 Å². The van der Waals surface area contributed by atoms with Crippen LogP contribution >= 0.6 is 0 Å². The molecule has 0 bridgehead atoms. The van der Waals surface area contributed by atoms with E-state index in [1.165, 1.54) is 0 Å². The van der Waals surface area contributed by atoms with E-state index in [1.807, 2.05) is 37.3 Å². The highest BCUT2D eigenvalue weighted by Crippen LogP contribution is 2.30. The van der Waals surface area contributed by atoms with Gasteiger partial charge in [-0.15, -0.1) is 0 Å². The number of ether oxygens (including phenoxy) is 2. The second-order valence-electron chi connectivity index (χ2n) is 5.70. The van der Waals surface area contributed by atoms with Crippen LogP contribution in [0.1, 0.15) is 29.7 Å². The number of nitrogens with one attached hydrogen (secondary N) is 1. The van der Waals surface area contributed by atoms with Crippen molar-refractivity contribution in [1.29, 1.82) is 0 Å². The molecular formula is C18H23NO4S. The van der Waals surface area contributed by atoms with Gasteiger partial charge in [0.05, 0.1) is 20.0 Å². The largest absolute Gasteiger partial charge is 0.493 e. The summed E-state index contributed by atoms with van der Waals surface area (Å²) in [4.78, 5) is 0. The van der Waals surface area contributed by atoms with Gasteiger partial charge < -0.3 is 9.47 Å². The van der Waals surface area contributed by atoms with Crippen LogP contribution in [0.3, 0.4) is 0 Å². The van der Waals surface area contributed by atoms with Crippen LogP contribution in [0.5, 0.6) is 11.5 Å². The average Bonchev–Trinajstić information content (AvgIpc) is 2.53. The van der Waals surface area contributed by atoms with Crippen LogP contribution in [0, 0.1) is 6.92 Å². The molecule has 0 spiro atoms. The monoisotopic (exact) mass is 349 g/mol. The summed E-state index contributed by atoms with van der Waals surface area (Å²) in [5.74, 6) is 1.13. The lowest BCUT2D eigenvalue weighted by Gasteiger charge is -2.17. The Morgan fingerprint density at radius 1 is 1.04 bits per heavy atom. The van der Waals surface area contributed by atoms with Crippen LogP contribution in [0.4, 0.5) is 0 Å². The molecular weight excluding hydrogens is 326 g/mol. The van der Waals surface area contributed by atoms with Crippen molar-refractivity contribution in [2.75, 3.05) is 14.2 Å². The van der Waals surface area contributed by atoms with Crippen molar-refractivity contribution >= 4 is 10.0 Å². The van der Waals surface area contributed by atoms with E-state index >= 15 is 0 Å². The molecule has 0 saturated carbocycles. The van der Waals surface area contributed by atoms with E-state index in [2.05, 4.69) is 4.72 Å². The SMILES string of the molecule is COc1ccc([C@@H](C)NS(=O)(=O)Cc2cccc(C)c2)cc1OC. The van der Waals surface area contributed by atoms with Crippen molar-refractivity contribution in [2.45, 2.75) is 25.6 Å². The summed E-state index contributed by atoms with van der Waals surface area (Å²) >= 11 is 0. The Kier molecular flexibility index (Phi) is 5.85. The summed E-state index contributed by atoms with van der Waals surface area (Å²) < 4.78 is 38.0. The van der Waals surface area contributed by atoms with Crippen LogP contribution in [-0.2, 0) is 15.8 Å². The number of benzene rings is 2. The fourth-order valence-corrected chi connectivity index (χ4v) is 3.90. The third-order valence-electron chi connectivity index (χ3n) is 3.70. The predicted octanol–water partition coefficient (Wildman–Crippen LogP) is 3.19. The Labute approximate surface area is 143 Å². The van der Waals surface area contributed by atoms with Crippen LogP contribution in [0.25, 0.3) is 0 Å². The fraction of sp³-hybridized carbons (Fsp3) is 0.333. The minimum atomic E-state index is -3.46. The number of methoxy groups -OCH3 is 2. The van der Waals surface area contributed by atoms with Gasteiger partial charge in [-0.3, -0.25) is 0 Å². The molecule has 1 atom stereocenters. The first-order chi connectivity index (χ1) is 11.3. The highest BCUT2D eigenvalue weighted by atomic mass is 32.2. The third kappa shape index (κ3) is 4.72. The molecule has 0 aromatic heterocycles. The van der Waals surface area contributed by atoms with Crippen LogP contribution < -0.4 is 14.2 Å². The minimum Gasteiger partial charge on any atom is -0.493 e. The van der Waals surface area contributed by atoms with Crippen molar-refractivity contribution in [1.82, 2.24) is 4.72 Å². The van der Waals surface area contributed by atoms with E-state index in [1.54, 1.807) is 33.3 Å². The number of rotatable bonds is 7. The highest BCUT2D eigenvalue weighted by molar-refractivity contribution is 7.88. The van der Waals surface area contributed by atoms with E-state index in [0.717, 1.165) is 16.7 Å². The van der Waals surface area contributed by atoms with Crippen LogP contribution in [-0.4, -0.2) is 22.6 Å². The molecule has 0 unspecified atom stereocenters. The molecule has 130 valence electrons. The molecule has 24 heavy (non-hydrogen) atoms. The molecule has 0 aliphatic heterocycles. The van der Waals surface area contributed by atoms with Gasteiger partial charge in [0, 0.05) is 6.04 Å². The first-order valence-corrected chi connectivity index (χ1v) is 9.27. The summed E-state index contributed by atoms with van der Waals surface area (Å²) in [6.07, 6.45) is 0. The molecule has 0 heterocycles. The van der Waals surface area contributed by atoms with Gasteiger partial charge in [-0.1, -0.05) is 35.9 Å². The summed E-state index contributed by atoms with van der Waals surface area (Å²) in [6, 6.07) is 12.5. The maximum atomic E-state index is 12.4. The normalized spacial score (nSPS) is 12.7. The Bertz CT molecular complexity index is 802. The maximum absolute atomic E-state index is 12.4. The quantitative estimate of drug-likeness (QED) is 0.834. The molecule has 0 amide bonds. The summed E-state index contributed by atoms with van der Waals surface area (Å²) in [5.41, 5.74) is 2.61. The van der Waals surface area contributed by atoms with Gasteiger partial charge in [-0.25, -0.2) is 13.1 Å². The molecule has 0 aliphatic carbocycles. The summed E-state index contributed by atoms with van der Waals surface area (Å²) in [7, 11) is -0.345. The van der Waals surface area contributed by atoms with Gasteiger partial charge in [0.2, 0.25) is 10.0 Å². The molecule has 5 nitrogen and oxygen atoms in total. The number of hydrogen-bond acceptors (Lipinski definition) is 4. The van der Waals surface area contributed by atoms with Gasteiger partial charge in [0.25, 0.3) is 0 Å². The average molecular weight is 349 g/mol. The lowest BCUT2D eigenvalue weighted by molar-refractivity contribution is 0.354. The van der Waals surface area contributed by atoms with Crippen molar-refractivity contribution in [3.63, 3.8) is 0 Å². The summed E-state index contributed by atoms with van der Waals surface area (Å²) in [5, 5.41) is 0. The molecule has 6 heteroatoms. The standard InChI is InChI=1S/C18H23NO4S/c1-13-6-5-7-15(10-13)12-24(20,21)19-14(2)16-8-9-17(22-3)18(11-16)23-4/h5-11,14,19H,12H2,1-4H3/t14-/m1/s1. The summed E-state index contributed by atoms with van der Waals surface area (Å²) in [6.45, 7) is 3.74. The third-order valence-corrected chi connectivity index (χ3v) is 5.13. The highest BCUT2D eigenvalue weighted by Gasteiger charge is 2.18. The molecule has 0 aliphatic rings. The van der Waals surface area contributed by atoms with E-state index in [9.17, 15) is 8.42 Å². The molecule has 0 radical (unpaired) electrons. The van der Waals surface area contributed by atoms with Crippen molar-refractivity contribution in [3.8, 4) is 11.5 Å². The van der Waals surface area contributed by atoms with E-state index in [4.69, 9.17) is 9.47 Å². The van der Waals surface area contributed by atoms with E-state index in [0.29, 0.717) is 11.5 Å². The molecule has 2 rings (SSSR count). The molecule has 2 aromatic carbocycles. The smallest absolute Gasteiger partial charge is 0.216 e. The van der Waals surface area contributed by atoms with Gasteiger partial charge in [0.1, 0.15) is 0 Å². The van der Waals surface area contributed by atoms with Crippen molar-refractivity contribution in [2.24, 2.45) is 0 Å². The Morgan fingerprint density at radius 3 is 2.38 bits per heavy atom. The van der Waals surface area contributed by atoms with Crippen LogP contribution in [0.15, 0.2) is 42.5 Å². The maximum Gasteiger partial charge on any atom is 0.216 e. The Balaban J connectivity index is 2.14. The van der Waals surface area contributed by atoms with Crippen molar-refractivity contribution in [3.05, 3.63) is 59.2 Å². The molecule has 1 N–H and O–H groups in total. The van der Waals surface area contributed by atoms with E-state index in [-0.39, 0.29) is 11.8 Å². The minimum absolute atomic E-state index is 0.0493. The molecule has 0 saturated heterocycles. The first kappa shape index (κ1) is 18.3. The fourth-order valence-electron chi connectivity index (χ4n) is 2.52. The zero-order valence-corrected chi connectivity index (χ0v) is 15.2. The van der Waals surface area contributed by atoms with Gasteiger partial charge in [-0.05, 0) is 37.1 Å². The van der Waals surface area contributed by atoms with Gasteiger partial charge in [-0.2, -0.15) is 0 Å². The van der Waals surface area contributed by atoms with Gasteiger partial charge in [0.15, 0.2) is 11.5 Å². The second kappa shape index (κ2) is 7.68. The Hall–Kier alpha value is -2.05. The topological polar surface area (TPSA) is 64.6 Å². The molecule has 2 aromatic rings. The van der Waals surface area contributed by atoms with Gasteiger partial charge >= 0.3 is 0 Å². The lowest BCUT2D eigenvalue weighted by atomic mass is 10.1. The zero-order chi connectivity index (χ0) is 17.7. The first-order valence-electron chi connectivity index (χ1n) is 7.62. The zero-order valence-electron chi connectivity index (χ0n) is 14.4. The Morgan fingerprint density at radius 2 is 1.75 bits per heavy atom. The predicted molar refractivity (Wildman–Crippen MR) is 94.9 cm³/mol. The second-order valence-corrected chi connectivity index (χ2v) is 7.46.